The van der Waals surface area contributed by atoms with Gasteiger partial charge >= 0.3 is 12.1 Å². The average molecular weight is 421 g/mol. The zero-order chi connectivity index (χ0) is 22.2. The number of terminal acetylenes is 1. The number of carbonyl (C=O) groups excluding carboxylic acids is 1. The second-order valence-corrected chi connectivity index (χ2v) is 6.65. The fraction of sp³-hybridized carbons (Fsp3) is 0.250. The Labute approximate surface area is 168 Å². The Balaban J connectivity index is 1.91. The van der Waals surface area contributed by atoms with Gasteiger partial charge in [-0.3, -0.25) is 4.79 Å². The summed E-state index contributed by atoms with van der Waals surface area (Å²) < 4.78 is 42.6. The number of halogens is 3. The Morgan fingerprint density at radius 3 is 2.23 bits per heavy atom. The SMILES string of the molecule is C#COc1ccc(C2C([O-])C(c3c(O)cc(O)cc3NC(=O)C(F)(F)F)C2[O-])cc1. The van der Waals surface area contributed by atoms with Gasteiger partial charge in [0.15, 0.2) is 0 Å². The number of phenols is 2. The molecule has 1 saturated carbocycles. The predicted molar refractivity (Wildman–Crippen MR) is 93.4 cm³/mol. The van der Waals surface area contributed by atoms with E-state index in [1.54, 1.807) is 0 Å². The fourth-order valence-corrected chi connectivity index (χ4v) is 3.48. The maximum Gasteiger partial charge on any atom is 0.471 e. The third kappa shape index (κ3) is 3.85. The predicted octanol–water partition coefficient (Wildman–Crippen LogP) is 0.907. The van der Waals surface area contributed by atoms with Crippen molar-refractivity contribution < 1.29 is 43.1 Å². The van der Waals surface area contributed by atoms with E-state index < -0.39 is 58.9 Å². The van der Waals surface area contributed by atoms with Crippen LogP contribution in [0.5, 0.6) is 17.2 Å². The number of rotatable bonds is 4. The van der Waals surface area contributed by atoms with Gasteiger partial charge in [0.2, 0.25) is 0 Å². The van der Waals surface area contributed by atoms with Crippen LogP contribution in [0.25, 0.3) is 0 Å². The molecule has 0 aliphatic heterocycles. The van der Waals surface area contributed by atoms with E-state index in [0.717, 1.165) is 12.1 Å². The van der Waals surface area contributed by atoms with Gasteiger partial charge in [-0.25, -0.2) is 0 Å². The summed E-state index contributed by atoms with van der Waals surface area (Å²) >= 11 is 0. The average Bonchev–Trinajstić information content (AvgIpc) is 2.65. The first kappa shape index (κ1) is 21.3. The molecule has 0 saturated heterocycles. The zero-order valence-electron chi connectivity index (χ0n) is 15.0. The summed E-state index contributed by atoms with van der Waals surface area (Å²) in [4.78, 5) is 11.3. The highest BCUT2D eigenvalue weighted by atomic mass is 19.4. The van der Waals surface area contributed by atoms with Gasteiger partial charge in [-0.05, 0) is 29.5 Å². The van der Waals surface area contributed by atoms with E-state index in [1.165, 1.54) is 29.6 Å². The van der Waals surface area contributed by atoms with Gasteiger partial charge in [0.05, 0.1) is 5.69 Å². The number of hydrogen-bond donors (Lipinski definition) is 3. The van der Waals surface area contributed by atoms with E-state index >= 15 is 0 Å². The number of benzene rings is 2. The summed E-state index contributed by atoms with van der Waals surface area (Å²) in [5, 5.41) is 46.7. The first-order valence-electron chi connectivity index (χ1n) is 8.52. The molecule has 0 radical (unpaired) electrons. The Morgan fingerprint density at radius 2 is 1.70 bits per heavy atom. The highest BCUT2D eigenvalue weighted by molar-refractivity contribution is 5.96. The van der Waals surface area contributed by atoms with E-state index in [9.17, 15) is 38.4 Å². The number of amides is 1. The molecular formula is C20H14F3NO6-2. The molecule has 3 rings (SSSR count). The lowest BCUT2D eigenvalue weighted by Gasteiger charge is -2.62. The van der Waals surface area contributed by atoms with Crippen molar-refractivity contribution in [3.8, 4) is 29.8 Å². The number of ether oxygens (including phenoxy) is 1. The minimum Gasteiger partial charge on any atom is -0.851 e. The summed E-state index contributed by atoms with van der Waals surface area (Å²) in [7, 11) is 0. The molecule has 7 nitrogen and oxygen atoms in total. The Morgan fingerprint density at radius 1 is 1.10 bits per heavy atom. The molecule has 1 fully saturated rings. The molecule has 0 spiro atoms. The number of phenolic OH excluding ortho intramolecular Hbond substituents is 2. The topological polar surface area (TPSA) is 125 Å². The van der Waals surface area contributed by atoms with Crippen LogP contribution in [0.3, 0.4) is 0 Å². The molecule has 2 unspecified atom stereocenters. The lowest BCUT2D eigenvalue weighted by molar-refractivity contribution is -0.536. The molecule has 0 aromatic heterocycles. The van der Waals surface area contributed by atoms with Crippen LogP contribution in [0.1, 0.15) is 23.0 Å². The van der Waals surface area contributed by atoms with Crippen LogP contribution in [0, 0.1) is 12.5 Å². The second-order valence-electron chi connectivity index (χ2n) is 6.65. The van der Waals surface area contributed by atoms with Crippen molar-refractivity contribution in [1.29, 1.82) is 0 Å². The fourth-order valence-electron chi connectivity index (χ4n) is 3.48. The lowest BCUT2D eigenvalue weighted by Crippen LogP contribution is -2.63. The summed E-state index contributed by atoms with van der Waals surface area (Å²) in [6.07, 6.45) is -1.52. The zero-order valence-corrected chi connectivity index (χ0v) is 15.0. The van der Waals surface area contributed by atoms with Gasteiger partial charge < -0.3 is 30.5 Å². The first-order chi connectivity index (χ1) is 14.0. The van der Waals surface area contributed by atoms with Crippen LogP contribution in [0.2, 0.25) is 0 Å². The quantitative estimate of drug-likeness (QED) is 0.631. The standard InChI is InChI=1S/C20H14F3NO6/c1-2-30-11-5-3-9(4-6-11)14-17(27)16(18(14)28)15-12(7-10(25)8-13(15)26)24-19(29)20(21,22)23/h1,3-8,14,16-18,25-26H,(H,24,29)/q-2. The van der Waals surface area contributed by atoms with Crippen molar-refractivity contribution in [2.24, 2.45) is 0 Å². The Kier molecular flexibility index (Phi) is 5.52. The van der Waals surface area contributed by atoms with Crippen LogP contribution >= 0.6 is 0 Å². The van der Waals surface area contributed by atoms with Gasteiger partial charge in [0, 0.05) is 17.7 Å². The van der Waals surface area contributed by atoms with Gasteiger partial charge in [-0.1, -0.05) is 18.6 Å². The van der Waals surface area contributed by atoms with Crippen molar-refractivity contribution in [3.05, 3.63) is 47.5 Å². The molecule has 0 heterocycles. The van der Waals surface area contributed by atoms with Crippen LogP contribution < -0.4 is 20.3 Å². The van der Waals surface area contributed by atoms with Crippen molar-refractivity contribution in [3.63, 3.8) is 0 Å². The minimum atomic E-state index is -5.25. The van der Waals surface area contributed by atoms with Crippen LogP contribution in [-0.2, 0) is 4.79 Å². The largest absolute Gasteiger partial charge is 0.851 e. The maximum absolute atomic E-state index is 12.8. The molecule has 3 N–H and O–H groups in total. The molecule has 1 aliphatic carbocycles. The number of alkyl halides is 3. The summed E-state index contributed by atoms with van der Waals surface area (Å²) in [6, 6.07) is 7.34. The summed E-state index contributed by atoms with van der Waals surface area (Å²) in [5.41, 5.74) is -0.735. The number of anilines is 1. The smallest absolute Gasteiger partial charge is 0.471 e. The van der Waals surface area contributed by atoms with Crippen LogP contribution in [-0.4, -0.2) is 34.5 Å². The normalized spacial score (nSPS) is 23.2. The monoisotopic (exact) mass is 421 g/mol. The number of nitrogens with one attached hydrogen (secondary N) is 1. The highest BCUT2D eigenvalue weighted by Gasteiger charge is 2.43. The van der Waals surface area contributed by atoms with Gasteiger partial charge in [0.1, 0.15) is 23.4 Å². The Bertz CT molecular complexity index is 989. The molecule has 30 heavy (non-hydrogen) atoms. The summed E-state index contributed by atoms with van der Waals surface area (Å²) in [5.74, 6) is -5.97. The molecule has 2 aromatic carbocycles. The van der Waals surface area contributed by atoms with E-state index in [2.05, 4.69) is 0 Å². The molecule has 2 aromatic rings. The Hall–Kier alpha value is -3.42. The third-order valence-electron chi connectivity index (χ3n) is 4.84. The highest BCUT2D eigenvalue weighted by Crippen LogP contribution is 2.51. The van der Waals surface area contributed by atoms with E-state index in [4.69, 9.17) is 11.2 Å². The maximum atomic E-state index is 12.8. The summed E-state index contributed by atoms with van der Waals surface area (Å²) in [6.45, 7) is 0. The number of hydrogen-bond acceptors (Lipinski definition) is 6. The van der Waals surface area contributed by atoms with Gasteiger partial charge in [0.25, 0.3) is 0 Å². The molecule has 10 heteroatoms. The molecule has 158 valence electrons. The van der Waals surface area contributed by atoms with Crippen LogP contribution in [0.4, 0.5) is 18.9 Å². The van der Waals surface area contributed by atoms with Crippen molar-refractivity contribution in [2.75, 3.05) is 5.32 Å². The van der Waals surface area contributed by atoms with E-state index in [0.29, 0.717) is 11.3 Å². The van der Waals surface area contributed by atoms with Crippen molar-refractivity contribution >= 4 is 11.6 Å². The molecule has 0 bridgehead atoms. The van der Waals surface area contributed by atoms with Gasteiger partial charge in [-0.2, -0.15) is 13.2 Å². The first-order valence-corrected chi connectivity index (χ1v) is 8.52. The lowest BCUT2D eigenvalue weighted by atomic mass is 9.63. The number of aromatic hydroxyl groups is 2. The van der Waals surface area contributed by atoms with Crippen molar-refractivity contribution in [1.82, 2.24) is 0 Å². The van der Waals surface area contributed by atoms with E-state index in [-0.39, 0.29) is 0 Å². The molecular weight excluding hydrogens is 407 g/mol. The molecule has 2 atom stereocenters. The van der Waals surface area contributed by atoms with Gasteiger partial charge in [-0.15, -0.1) is 12.2 Å². The van der Waals surface area contributed by atoms with E-state index in [1.807, 2.05) is 6.11 Å². The molecule has 1 amide bonds. The minimum absolute atomic E-state index is 0.315. The number of carbonyl (C=O) groups is 1. The third-order valence-corrected chi connectivity index (χ3v) is 4.84. The molecule has 1 aliphatic rings. The van der Waals surface area contributed by atoms with Crippen molar-refractivity contribution in [2.45, 2.75) is 30.2 Å². The second kappa shape index (κ2) is 7.78. The van der Waals surface area contributed by atoms with Crippen LogP contribution in [0.15, 0.2) is 36.4 Å².